The molecule has 0 saturated heterocycles. The zero-order chi connectivity index (χ0) is 16.7. The molecule has 7 heteroatoms. The van der Waals surface area contributed by atoms with E-state index in [0.29, 0.717) is 18.3 Å². The van der Waals surface area contributed by atoms with Gasteiger partial charge in [-0.25, -0.2) is 0 Å². The van der Waals surface area contributed by atoms with Crippen LogP contribution in [0.15, 0.2) is 33.8 Å². The third-order valence-electron chi connectivity index (χ3n) is 3.36. The number of guanidine groups is 1. The molecule has 0 bridgehead atoms. The second kappa shape index (κ2) is 8.53. The fourth-order valence-electron chi connectivity index (χ4n) is 2.22. The first-order chi connectivity index (χ1) is 11.1. The topological polar surface area (TPSA) is 66.5 Å². The number of rotatable bonds is 6. The van der Waals surface area contributed by atoms with Gasteiger partial charge < -0.3 is 14.7 Å². The highest BCUT2D eigenvalue weighted by molar-refractivity contribution is 6.31. The highest BCUT2D eigenvalue weighted by atomic mass is 35.5. The largest absolute Gasteiger partial charge is 0.356 e. The zero-order valence-electron chi connectivity index (χ0n) is 13.7. The molecule has 1 N–H and O–H groups in total. The van der Waals surface area contributed by atoms with Crippen LogP contribution in [-0.4, -0.2) is 41.6 Å². The molecule has 0 aliphatic carbocycles. The number of hydrogen-bond acceptors (Lipinski definition) is 4. The highest BCUT2D eigenvalue weighted by Gasteiger charge is 2.09. The van der Waals surface area contributed by atoms with Gasteiger partial charge in [-0.2, -0.15) is 4.98 Å². The van der Waals surface area contributed by atoms with Crippen molar-refractivity contribution < 1.29 is 4.52 Å². The van der Waals surface area contributed by atoms with Crippen LogP contribution in [0.5, 0.6) is 0 Å². The fraction of sp³-hybridized carbons (Fsp3) is 0.438. The summed E-state index contributed by atoms with van der Waals surface area (Å²) in [7, 11) is 3.76. The van der Waals surface area contributed by atoms with Crippen LogP contribution in [0.25, 0.3) is 0 Å². The Hall–Kier alpha value is -2.08. The Morgan fingerprint density at radius 1 is 1.39 bits per heavy atom. The SMILES string of the molecule is CN=C(NCCCc1nc(C)no1)N(C)Cc1ccccc1Cl. The lowest BCUT2D eigenvalue weighted by Crippen LogP contribution is -2.39. The number of aliphatic imine (C=N–C) groups is 1. The Kier molecular flexibility index (Phi) is 6.40. The van der Waals surface area contributed by atoms with Crippen molar-refractivity contribution in [3.8, 4) is 0 Å². The van der Waals surface area contributed by atoms with E-state index in [-0.39, 0.29) is 0 Å². The van der Waals surface area contributed by atoms with Gasteiger partial charge in [-0.15, -0.1) is 0 Å². The summed E-state index contributed by atoms with van der Waals surface area (Å²) in [6.45, 7) is 3.29. The lowest BCUT2D eigenvalue weighted by Gasteiger charge is -2.22. The smallest absolute Gasteiger partial charge is 0.226 e. The number of hydrogen-bond donors (Lipinski definition) is 1. The van der Waals surface area contributed by atoms with Crippen molar-refractivity contribution >= 4 is 17.6 Å². The summed E-state index contributed by atoms with van der Waals surface area (Å²) in [5.74, 6) is 2.17. The molecule has 0 radical (unpaired) electrons. The van der Waals surface area contributed by atoms with E-state index >= 15 is 0 Å². The molecule has 23 heavy (non-hydrogen) atoms. The van der Waals surface area contributed by atoms with Crippen molar-refractivity contribution in [1.29, 1.82) is 0 Å². The number of benzene rings is 1. The fourth-order valence-corrected chi connectivity index (χ4v) is 2.42. The van der Waals surface area contributed by atoms with Gasteiger partial charge >= 0.3 is 0 Å². The summed E-state index contributed by atoms with van der Waals surface area (Å²) in [5.41, 5.74) is 1.07. The average molecular weight is 336 g/mol. The van der Waals surface area contributed by atoms with Crippen molar-refractivity contribution in [3.05, 3.63) is 46.6 Å². The summed E-state index contributed by atoms with van der Waals surface area (Å²) >= 11 is 6.20. The Morgan fingerprint density at radius 2 is 2.17 bits per heavy atom. The van der Waals surface area contributed by atoms with E-state index < -0.39 is 0 Å². The minimum atomic E-state index is 0.670. The van der Waals surface area contributed by atoms with E-state index in [9.17, 15) is 0 Å². The van der Waals surface area contributed by atoms with Crippen molar-refractivity contribution in [3.63, 3.8) is 0 Å². The molecular formula is C16H22ClN5O. The van der Waals surface area contributed by atoms with E-state index in [0.717, 1.165) is 35.9 Å². The van der Waals surface area contributed by atoms with Gasteiger partial charge in [0.1, 0.15) is 0 Å². The lowest BCUT2D eigenvalue weighted by atomic mass is 10.2. The average Bonchev–Trinajstić information content (AvgIpc) is 2.95. The standard InChI is InChI=1S/C16H22ClN5O/c1-12-20-15(23-21-12)9-6-10-19-16(18-2)22(3)11-13-7-4-5-8-14(13)17/h4-5,7-8H,6,9-11H2,1-3H3,(H,18,19). The van der Waals surface area contributed by atoms with Crippen LogP contribution >= 0.6 is 11.6 Å². The van der Waals surface area contributed by atoms with Gasteiger partial charge in [0.25, 0.3) is 0 Å². The van der Waals surface area contributed by atoms with Gasteiger partial charge in [0, 0.05) is 38.6 Å². The molecule has 0 atom stereocenters. The Morgan fingerprint density at radius 3 is 2.83 bits per heavy atom. The van der Waals surface area contributed by atoms with Gasteiger partial charge in [-0.05, 0) is 25.0 Å². The van der Waals surface area contributed by atoms with Crippen LogP contribution in [0, 0.1) is 6.92 Å². The first-order valence-electron chi connectivity index (χ1n) is 7.54. The maximum absolute atomic E-state index is 6.20. The molecule has 1 heterocycles. The third-order valence-corrected chi connectivity index (χ3v) is 3.73. The first kappa shape index (κ1) is 17.3. The van der Waals surface area contributed by atoms with Crippen LogP contribution in [0.2, 0.25) is 5.02 Å². The van der Waals surface area contributed by atoms with E-state index in [1.807, 2.05) is 43.1 Å². The van der Waals surface area contributed by atoms with E-state index in [1.54, 1.807) is 7.05 Å². The minimum Gasteiger partial charge on any atom is -0.356 e. The van der Waals surface area contributed by atoms with Crippen LogP contribution in [-0.2, 0) is 13.0 Å². The molecule has 0 fully saturated rings. The van der Waals surface area contributed by atoms with Crippen molar-refractivity contribution in [2.75, 3.05) is 20.6 Å². The molecular weight excluding hydrogens is 314 g/mol. The van der Waals surface area contributed by atoms with Crippen molar-refractivity contribution in [2.45, 2.75) is 26.3 Å². The normalized spacial score (nSPS) is 11.6. The van der Waals surface area contributed by atoms with Crippen molar-refractivity contribution in [2.24, 2.45) is 4.99 Å². The molecule has 2 aromatic rings. The second-order valence-electron chi connectivity index (χ2n) is 5.26. The molecule has 124 valence electrons. The summed E-state index contributed by atoms with van der Waals surface area (Å²) in [4.78, 5) is 10.5. The van der Waals surface area contributed by atoms with Gasteiger partial charge in [-0.3, -0.25) is 4.99 Å². The monoisotopic (exact) mass is 335 g/mol. The quantitative estimate of drug-likeness (QED) is 0.499. The summed E-state index contributed by atoms with van der Waals surface area (Å²) < 4.78 is 5.09. The number of nitrogens with zero attached hydrogens (tertiary/aromatic N) is 4. The number of aromatic nitrogens is 2. The molecule has 0 saturated carbocycles. The number of halogens is 1. The van der Waals surface area contributed by atoms with Crippen molar-refractivity contribution in [1.82, 2.24) is 20.4 Å². The summed E-state index contributed by atoms with van der Waals surface area (Å²) in [5, 5.41) is 7.87. The zero-order valence-corrected chi connectivity index (χ0v) is 14.5. The molecule has 1 aromatic carbocycles. The number of nitrogens with one attached hydrogen (secondary N) is 1. The number of aryl methyl sites for hydroxylation is 2. The minimum absolute atomic E-state index is 0.670. The lowest BCUT2D eigenvalue weighted by molar-refractivity contribution is 0.371. The predicted molar refractivity (Wildman–Crippen MR) is 91.6 cm³/mol. The molecule has 0 aliphatic heterocycles. The molecule has 0 amide bonds. The summed E-state index contributed by atoms with van der Waals surface area (Å²) in [6, 6.07) is 7.83. The van der Waals surface area contributed by atoms with Gasteiger partial charge in [-0.1, -0.05) is 35.0 Å². The maximum atomic E-state index is 6.20. The molecule has 1 aromatic heterocycles. The molecule has 2 rings (SSSR count). The predicted octanol–water partition coefficient (Wildman–Crippen LogP) is 2.67. The van der Waals surface area contributed by atoms with E-state index in [4.69, 9.17) is 16.1 Å². The van der Waals surface area contributed by atoms with Crippen LogP contribution in [0.4, 0.5) is 0 Å². The highest BCUT2D eigenvalue weighted by Crippen LogP contribution is 2.16. The molecule has 0 unspecified atom stereocenters. The van der Waals surface area contributed by atoms with Crippen LogP contribution < -0.4 is 5.32 Å². The van der Waals surface area contributed by atoms with E-state index in [1.165, 1.54) is 0 Å². The molecule has 0 aliphatic rings. The molecule has 6 nitrogen and oxygen atoms in total. The second-order valence-corrected chi connectivity index (χ2v) is 5.67. The van der Waals surface area contributed by atoms with E-state index in [2.05, 4.69) is 20.4 Å². The van der Waals surface area contributed by atoms with Gasteiger partial charge in [0.15, 0.2) is 11.8 Å². The van der Waals surface area contributed by atoms with Gasteiger partial charge in [0.05, 0.1) is 0 Å². The Bertz CT molecular complexity index is 655. The van der Waals surface area contributed by atoms with Crippen LogP contribution in [0.1, 0.15) is 23.7 Å². The first-order valence-corrected chi connectivity index (χ1v) is 7.92. The maximum Gasteiger partial charge on any atom is 0.226 e. The Labute approximate surface area is 141 Å². The summed E-state index contributed by atoms with van der Waals surface area (Å²) in [6.07, 6.45) is 1.64. The molecule has 0 spiro atoms. The van der Waals surface area contributed by atoms with Gasteiger partial charge in [0.2, 0.25) is 5.89 Å². The Balaban J connectivity index is 1.79. The third kappa shape index (κ3) is 5.25. The van der Waals surface area contributed by atoms with Crippen LogP contribution in [0.3, 0.4) is 0 Å².